The van der Waals surface area contributed by atoms with Crippen LogP contribution in [0.15, 0.2) is 48.7 Å². The average molecular weight is 464 g/mol. The van der Waals surface area contributed by atoms with E-state index in [1.54, 1.807) is 18.1 Å². The Bertz CT molecular complexity index is 1090. The third-order valence-electron chi connectivity index (χ3n) is 5.15. The fourth-order valence-corrected chi connectivity index (χ4v) is 3.84. The Labute approximate surface area is 188 Å². The zero-order valence-corrected chi connectivity index (χ0v) is 18.1. The van der Waals surface area contributed by atoms with Crippen LogP contribution in [0, 0.1) is 0 Å². The van der Waals surface area contributed by atoms with Crippen LogP contribution in [0.1, 0.15) is 11.4 Å². The smallest absolute Gasteiger partial charge is 0.377 e. The van der Waals surface area contributed by atoms with Crippen molar-refractivity contribution < 1.29 is 17.9 Å². The highest BCUT2D eigenvalue weighted by molar-refractivity contribution is 6.30. The van der Waals surface area contributed by atoms with Crippen molar-refractivity contribution in [3.05, 3.63) is 65.1 Å². The number of benzene rings is 1. The van der Waals surface area contributed by atoms with E-state index in [9.17, 15) is 13.2 Å². The minimum absolute atomic E-state index is 0.0398. The van der Waals surface area contributed by atoms with E-state index in [1.165, 1.54) is 12.3 Å². The van der Waals surface area contributed by atoms with Crippen molar-refractivity contribution in [1.29, 1.82) is 0 Å². The largest absolute Gasteiger partial charge is 0.419 e. The quantitative estimate of drug-likeness (QED) is 0.547. The Hall–Kier alpha value is -2.91. The second-order valence-electron chi connectivity index (χ2n) is 7.32. The van der Waals surface area contributed by atoms with Gasteiger partial charge in [0.15, 0.2) is 5.82 Å². The van der Waals surface area contributed by atoms with Gasteiger partial charge in [0.1, 0.15) is 18.2 Å². The first kappa shape index (κ1) is 22.3. The molecule has 1 aliphatic rings. The van der Waals surface area contributed by atoms with Crippen LogP contribution in [-0.2, 0) is 17.5 Å². The predicted octanol–water partition coefficient (Wildman–Crippen LogP) is 4.68. The van der Waals surface area contributed by atoms with Gasteiger partial charge in [0.05, 0.1) is 11.3 Å². The van der Waals surface area contributed by atoms with Crippen molar-refractivity contribution in [1.82, 2.24) is 15.0 Å². The number of rotatable bonds is 5. The van der Waals surface area contributed by atoms with Gasteiger partial charge >= 0.3 is 6.18 Å². The van der Waals surface area contributed by atoms with E-state index in [-0.39, 0.29) is 12.4 Å². The van der Waals surface area contributed by atoms with Crippen LogP contribution in [-0.4, -0.2) is 48.2 Å². The Morgan fingerprint density at radius 1 is 1.00 bits per heavy atom. The molecule has 0 saturated carbocycles. The monoisotopic (exact) mass is 463 g/mol. The molecule has 1 saturated heterocycles. The summed E-state index contributed by atoms with van der Waals surface area (Å²) in [5, 5.41) is 0.598. The average Bonchev–Trinajstić information content (AvgIpc) is 2.79. The highest BCUT2D eigenvalue weighted by Gasteiger charge is 2.36. The number of piperazine rings is 1. The first-order chi connectivity index (χ1) is 15.3. The number of anilines is 2. The Morgan fingerprint density at radius 2 is 1.75 bits per heavy atom. The summed E-state index contributed by atoms with van der Waals surface area (Å²) in [6, 6.07) is 11.6. The summed E-state index contributed by atoms with van der Waals surface area (Å²) >= 11 is 6.13. The number of alkyl halides is 3. The first-order valence-electron chi connectivity index (χ1n) is 10.00. The van der Waals surface area contributed by atoms with E-state index in [4.69, 9.17) is 16.3 Å². The number of pyridine rings is 1. The maximum atomic E-state index is 13.4. The molecule has 1 aromatic carbocycles. The predicted molar refractivity (Wildman–Crippen MR) is 117 cm³/mol. The number of hydrogen-bond acceptors (Lipinski definition) is 6. The van der Waals surface area contributed by atoms with Gasteiger partial charge in [0.25, 0.3) is 0 Å². The molecule has 0 spiro atoms. The molecule has 10 heteroatoms. The van der Waals surface area contributed by atoms with Crippen LogP contribution < -0.4 is 9.80 Å². The molecule has 0 atom stereocenters. The number of methoxy groups -OCH3 is 1. The Kier molecular flexibility index (Phi) is 6.48. The first-order valence-corrected chi connectivity index (χ1v) is 10.4. The van der Waals surface area contributed by atoms with Gasteiger partial charge in [-0.05, 0) is 24.3 Å². The van der Waals surface area contributed by atoms with Crippen LogP contribution >= 0.6 is 11.6 Å². The van der Waals surface area contributed by atoms with Gasteiger partial charge in [0.2, 0.25) is 0 Å². The van der Waals surface area contributed by atoms with Gasteiger partial charge in [-0.1, -0.05) is 23.7 Å². The van der Waals surface area contributed by atoms with Gasteiger partial charge in [-0.15, -0.1) is 0 Å². The Balaban J connectivity index is 1.57. The Morgan fingerprint density at radius 3 is 2.44 bits per heavy atom. The van der Waals surface area contributed by atoms with E-state index >= 15 is 0 Å². The molecule has 4 rings (SSSR count). The molecule has 0 bridgehead atoms. The maximum absolute atomic E-state index is 13.4. The minimum Gasteiger partial charge on any atom is -0.377 e. The lowest BCUT2D eigenvalue weighted by Crippen LogP contribution is -2.47. The summed E-state index contributed by atoms with van der Waals surface area (Å²) in [7, 11) is 1.57. The van der Waals surface area contributed by atoms with Gasteiger partial charge in [0, 0.05) is 56.1 Å². The zero-order valence-electron chi connectivity index (χ0n) is 17.3. The third-order valence-corrected chi connectivity index (χ3v) is 5.38. The van der Waals surface area contributed by atoms with Crippen molar-refractivity contribution in [2.24, 2.45) is 0 Å². The summed E-state index contributed by atoms with van der Waals surface area (Å²) in [6.07, 6.45) is -3.07. The van der Waals surface area contributed by atoms with Crippen molar-refractivity contribution >= 4 is 23.2 Å². The molecule has 1 fully saturated rings. The molecule has 6 nitrogen and oxygen atoms in total. The molecule has 0 N–H and O–H groups in total. The summed E-state index contributed by atoms with van der Waals surface area (Å²) in [6.45, 7) is 2.00. The zero-order chi connectivity index (χ0) is 22.7. The molecule has 1 aliphatic heterocycles. The van der Waals surface area contributed by atoms with Crippen molar-refractivity contribution in [3.8, 4) is 11.3 Å². The lowest BCUT2D eigenvalue weighted by Gasteiger charge is -2.37. The summed E-state index contributed by atoms with van der Waals surface area (Å²) < 4.78 is 45.4. The van der Waals surface area contributed by atoms with E-state index < -0.39 is 11.7 Å². The van der Waals surface area contributed by atoms with Gasteiger partial charge in [-0.3, -0.25) is 0 Å². The van der Waals surface area contributed by atoms with Crippen LogP contribution in [0.3, 0.4) is 0 Å². The SMILES string of the molecule is COCc1nc(-c2cccc(Cl)c2)cc(N2CCN(c3ncccc3C(F)(F)F)CC2)n1. The molecular formula is C22H21ClF3N5O. The van der Waals surface area contributed by atoms with Crippen LogP contribution in [0.5, 0.6) is 0 Å². The molecule has 0 aliphatic carbocycles. The van der Waals surface area contributed by atoms with Crippen LogP contribution in [0.2, 0.25) is 5.02 Å². The standard InChI is InChI=1S/C22H21ClF3N5O/c1-32-14-19-28-18(15-4-2-5-16(23)12-15)13-20(29-19)30-8-10-31(11-9-30)21-17(22(24,25)26)6-3-7-27-21/h2-7,12-13H,8-11,14H2,1H3. The van der Waals surface area contributed by atoms with Crippen molar-refractivity contribution in [2.75, 3.05) is 43.1 Å². The number of aromatic nitrogens is 3. The topological polar surface area (TPSA) is 54.4 Å². The number of ether oxygens (including phenoxy) is 1. The molecule has 32 heavy (non-hydrogen) atoms. The van der Waals surface area contributed by atoms with Gasteiger partial charge in [-0.25, -0.2) is 15.0 Å². The van der Waals surface area contributed by atoms with Crippen LogP contribution in [0.4, 0.5) is 24.8 Å². The fourth-order valence-electron chi connectivity index (χ4n) is 3.65. The lowest BCUT2D eigenvalue weighted by molar-refractivity contribution is -0.137. The second kappa shape index (κ2) is 9.30. The molecule has 0 amide bonds. The third kappa shape index (κ3) is 4.94. The fraction of sp³-hybridized carbons (Fsp3) is 0.318. The van der Waals surface area contributed by atoms with E-state index in [0.29, 0.717) is 48.5 Å². The maximum Gasteiger partial charge on any atom is 0.419 e. The van der Waals surface area contributed by atoms with Crippen molar-refractivity contribution in [3.63, 3.8) is 0 Å². The molecule has 2 aromatic heterocycles. The van der Waals surface area contributed by atoms with E-state index in [0.717, 1.165) is 11.6 Å². The summed E-state index contributed by atoms with van der Waals surface area (Å²) in [4.78, 5) is 16.8. The highest BCUT2D eigenvalue weighted by Crippen LogP contribution is 2.35. The van der Waals surface area contributed by atoms with E-state index in [1.807, 2.05) is 29.2 Å². The minimum atomic E-state index is -4.45. The highest BCUT2D eigenvalue weighted by atomic mass is 35.5. The number of halogens is 4. The van der Waals surface area contributed by atoms with Crippen molar-refractivity contribution in [2.45, 2.75) is 12.8 Å². The summed E-state index contributed by atoms with van der Waals surface area (Å²) in [5.74, 6) is 1.17. The second-order valence-corrected chi connectivity index (χ2v) is 7.75. The summed E-state index contributed by atoms with van der Waals surface area (Å²) in [5.41, 5.74) is 0.831. The van der Waals surface area contributed by atoms with Crippen LogP contribution in [0.25, 0.3) is 11.3 Å². The molecular weight excluding hydrogens is 443 g/mol. The normalized spacial score (nSPS) is 14.7. The molecule has 0 unspecified atom stereocenters. The lowest BCUT2D eigenvalue weighted by atomic mass is 10.1. The number of hydrogen-bond donors (Lipinski definition) is 0. The van der Waals surface area contributed by atoms with Gasteiger partial charge in [-0.2, -0.15) is 13.2 Å². The van der Waals surface area contributed by atoms with Gasteiger partial charge < -0.3 is 14.5 Å². The molecule has 168 valence electrons. The number of nitrogens with zero attached hydrogens (tertiary/aromatic N) is 5. The molecule has 0 radical (unpaired) electrons. The molecule has 3 aromatic rings. The molecule has 3 heterocycles. The van der Waals surface area contributed by atoms with E-state index in [2.05, 4.69) is 15.0 Å².